The molecule has 1 saturated heterocycles. The van der Waals surface area contributed by atoms with Gasteiger partial charge in [-0.2, -0.15) is 13.2 Å². The highest BCUT2D eigenvalue weighted by atomic mass is 19.4. The fourth-order valence-corrected chi connectivity index (χ4v) is 4.26. The minimum atomic E-state index is -4.74. The van der Waals surface area contributed by atoms with Crippen LogP contribution in [0, 0.1) is 0 Å². The van der Waals surface area contributed by atoms with Crippen LogP contribution in [0.4, 0.5) is 18.9 Å². The normalized spacial score (nSPS) is 17.9. The highest BCUT2D eigenvalue weighted by molar-refractivity contribution is 6.62. The Morgan fingerprint density at radius 2 is 1.97 bits per heavy atom. The average molecular weight is 431 g/mol. The van der Waals surface area contributed by atoms with Crippen LogP contribution in [-0.4, -0.2) is 30.4 Å². The van der Waals surface area contributed by atoms with E-state index in [1.54, 1.807) is 32.0 Å². The van der Waals surface area contributed by atoms with E-state index in [-0.39, 0.29) is 18.0 Å². The maximum absolute atomic E-state index is 13.7. The van der Waals surface area contributed by atoms with Gasteiger partial charge < -0.3 is 14.6 Å². The quantitative estimate of drug-likeness (QED) is 0.597. The molecule has 0 saturated carbocycles. The Hall–Kier alpha value is -2.65. The Kier molecular flexibility index (Phi) is 5.22. The number of nitrogens with zero attached hydrogens (tertiary/aromatic N) is 1. The first-order chi connectivity index (χ1) is 14.5. The SMILES string of the molecule is CC1(C)OB(O)c2cc(CC(=O)c3ccc(N4CCCC4=O)cc3C(F)(F)F)ccc21. The molecule has 31 heavy (non-hydrogen) atoms. The van der Waals surface area contributed by atoms with Crippen LogP contribution in [0.1, 0.15) is 53.7 Å². The molecule has 1 amide bonds. The molecule has 2 aromatic rings. The zero-order valence-electron chi connectivity index (χ0n) is 17.1. The molecule has 0 atom stereocenters. The van der Waals surface area contributed by atoms with E-state index in [9.17, 15) is 27.8 Å². The largest absolute Gasteiger partial charge is 0.492 e. The number of hydrogen-bond acceptors (Lipinski definition) is 4. The second-order valence-corrected chi connectivity index (χ2v) is 8.38. The van der Waals surface area contributed by atoms with Crippen LogP contribution in [0.3, 0.4) is 0 Å². The maximum Gasteiger partial charge on any atom is 0.492 e. The number of anilines is 1. The van der Waals surface area contributed by atoms with E-state index in [0.29, 0.717) is 30.4 Å². The van der Waals surface area contributed by atoms with Crippen molar-refractivity contribution in [2.24, 2.45) is 0 Å². The molecular formula is C22H21BF3NO4. The summed E-state index contributed by atoms with van der Waals surface area (Å²) in [6.45, 7) is 3.96. The predicted octanol–water partition coefficient (Wildman–Crippen LogP) is 3.21. The average Bonchev–Trinajstić information content (AvgIpc) is 3.21. The topological polar surface area (TPSA) is 66.8 Å². The molecule has 0 aliphatic carbocycles. The number of Topliss-reactive ketones (excluding diaryl/α,β-unsaturated/α-hetero) is 1. The third-order valence-corrected chi connectivity index (χ3v) is 5.80. The molecule has 0 aromatic heterocycles. The van der Waals surface area contributed by atoms with Crippen LogP contribution in [0.25, 0.3) is 0 Å². The van der Waals surface area contributed by atoms with Gasteiger partial charge in [0.05, 0.1) is 11.2 Å². The molecule has 9 heteroatoms. The zero-order valence-corrected chi connectivity index (χ0v) is 17.1. The number of halogens is 3. The van der Waals surface area contributed by atoms with Crippen molar-refractivity contribution in [1.82, 2.24) is 0 Å². The molecule has 1 N–H and O–H groups in total. The van der Waals surface area contributed by atoms with Gasteiger partial charge in [0.1, 0.15) is 0 Å². The Bertz CT molecular complexity index is 1070. The number of fused-ring (bicyclic) bond motifs is 1. The van der Waals surface area contributed by atoms with Crippen LogP contribution in [-0.2, 0) is 27.6 Å². The van der Waals surface area contributed by atoms with Crippen molar-refractivity contribution >= 4 is 30.0 Å². The lowest BCUT2D eigenvalue weighted by Gasteiger charge is -2.20. The van der Waals surface area contributed by atoms with Crippen molar-refractivity contribution in [2.45, 2.75) is 44.9 Å². The van der Waals surface area contributed by atoms with Crippen molar-refractivity contribution in [3.05, 3.63) is 58.7 Å². The van der Waals surface area contributed by atoms with Crippen LogP contribution in [0.15, 0.2) is 36.4 Å². The standard InChI is InChI=1S/C22H21BF3NO4/c1-21(2)16-8-5-13(10-18(16)23(30)31-21)11-19(28)15-7-6-14(12-17(15)22(24,25)26)27-9-3-4-20(27)29/h5-8,10,12,30H,3-4,9,11H2,1-2H3. The number of benzene rings is 2. The number of carbonyl (C=O) groups excluding carboxylic acids is 2. The summed E-state index contributed by atoms with van der Waals surface area (Å²) in [6.07, 6.45) is -4.11. The van der Waals surface area contributed by atoms with Gasteiger partial charge in [-0.1, -0.05) is 18.2 Å². The van der Waals surface area contributed by atoms with Gasteiger partial charge in [-0.25, -0.2) is 0 Å². The van der Waals surface area contributed by atoms with Crippen LogP contribution in [0.2, 0.25) is 0 Å². The summed E-state index contributed by atoms with van der Waals surface area (Å²) in [6, 6.07) is 8.37. The summed E-state index contributed by atoms with van der Waals surface area (Å²) >= 11 is 0. The van der Waals surface area contributed by atoms with Gasteiger partial charge in [0.15, 0.2) is 5.78 Å². The van der Waals surface area contributed by atoms with E-state index in [1.807, 2.05) is 0 Å². The molecule has 0 bridgehead atoms. The second kappa shape index (κ2) is 7.49. The van der Waals surface area contributed by atoms with Crippen molar-refractivity contribution < 1.29 is 32.4 Å². The second-order valence-electron chi connectivity index (χ2n) is 8.38. The molecule has 1 fully saturated rings. The van der Waals surface area contributed by atoms with Crippen molar-refractivity contribution in [1.29, 1.82) is 0 Å². The summed E-state index contributed by atoms with van der Waals surface area (Å²) in [5.74, 6) is -0.923. The fourth-order valence-electron chi connectivity index (χ4n) is 4.26. The summed E-state index contributed by atoms with van der Waals surface area (Å²) in [5, 5.41) is 10.1. The molecule has 0 radical (unpaired) electrons. The first-order valence-corrected chi connectivity index (χ1v) is 10.0. The fraction of sp³-hybridized carbons (Fsp3) is 0.364. The summed E-state index contributed by atoms with van der Waals surface area (Å²) in [7, 11) is -1.15. The molecule has 2 aliphatic heterocycles. The van der Waals surface area contributed by atoms with Crippen LogP contribution >= 0.6 is 0 Å². The monoisotopic (exact) mass is 431 g/mol. The minimum absolute atomic E-state index is 0.145. The van der Waals surface area contributed by atoms with Crippen LogP contribution in [0.5, 0.6) is 0 Å². The summed E-state index contributed by atoms with van der Waals surface area (Å²) in [4.78, 5) is 26.0. The highest BCUT2D eigenvalue weighted by Gasteiger charge is 2.41. The number of alkyl halides is 3. The Morgan fingerprint density at radius 1 is 1.23 bits per heavy atom. The first-order valence-electron chi connectivity index (χ1n) is 10.0. The number of hydrogen-bond donors (Lipinski definition) is 1. The molecule has 2 aromatic carbocycles. The van der Waals surface area contributed by atoms with Gasteiger partial charge in [-0.05, 0) is 55.1 Å². The molecule has 0 unspecified atom stereocenters. The third kappa shape index (κ3) is 3.99. The van der Waals surface area contributed by atoms with Gasteiger partial charge in [-0.3, -0.25) is 9.59 Å². The van der Waals surface area contributed by atoms with Crippen molar-refractivity contribution in [2.75, 3.05) is 11.4 Å². The number of amides is 1. The van der Waals surface area contributed by atoms with Crippen molar-refractivity contribution in [3.63, 3.8) is 0 Å². The van der Waals surface area contributed by atoms with Gasteiger partial charge in [-0.15, -0.1) is 0 Å². The summed E-state index contributed by atoms with van der Waals surface area (Å²) in [5.41, 5.74) is -0.284. The lowest BCUT2D eigenvalue weighted by molar-refractivity contribution is -0.138. The molecule has 2 aliphatic rings. The Labute approximate surface area is 178 Å². The molecule has 0 spiro atoms. The van der Waals surface area contributed by atoms with E-state index in [4.69, 9.17) is 4.65 Å². The molecule has 5 nitrogen and oxygen atoms in total. The summed E-state index contributed by atoms with van der Waals surface area (Å²) < 4.78 is 46.7. The van der Waals surface area contributed by atoms with Gasteiger partial charge in [0.25, 0.3) is 0 Å². The lowest BCUT2D eigenvalue weighted by Crippen LogP contribution is -2.29. The molecule has 4 rings (SSSR count). The van der Waals surface area contributed by atoms with E-state index >= 15 is 0 Å². The molecular weight excluding hydrogens is 410 g/mol. The van der Waals surface area contributed by atoms with Crippen molar-refractivity contribution in [3.8, 4) is 0 Å². The van der Waals surface area contributed by atoms with E-state index in [0.717, 1.165) is 17.7 Å². The van der Waals surface area contributed by atoms with Gasteiger partial charge in [0, 0.05) is 30.6 Å². The number of rotatable bonds is 4. The molecule has 162 valence electrons. The maximum atomic E-state index is 13.7. The van der Waals surface area contributed by atoms with E-state index in [2.05, 4.69) is 0 Å². The van der Waals surface area contributed by atoms with E-state index in [1.165, 1.54) is 11.0 Å². The van der Waals surface area contributed by atoms with E-state index < -0.39 is 35.8 Å². The zero-order chi connectivity index (χ0) is 22.6. The first kappa shape index (κ1) is 21.6. The number of carbonyl (C=O) groups is 2. The third-order valence-electron chi connectivity index (χ3n) is 5.80. The highest BCUT2D eigenvalue weighted by Crippen LogP contribution is 2.36. The lowest BCUT2D eigenvalue weighted by atomic mass is 9.77. The number of ketones is 1. The predicted molar refractivity (Wildman–Crippen MR) is 109 cm³/mol. The Morgan fingerprint density at radius 3 is 2.61 bits per heavy atom. The Balaban J connectivity index is 1.64. The smallest absolute Gasteiger partial charge is 0.423 e. The van der Waals surface area contributed by atoms with Crippen LogP contribution < -0.4 is 10.4 Å². The van der Waals surface area contributed by atoms with Gasteiger partial charge >= 0.3 is 13.3 Å². The van der Waals surface area contributed by atoms with Gasteiger partial charge in [0.2, 0.25) is 5.91 Å². The molecule has 2 heterocycles. The minimum Gasteiger partial charge on any atom is -0.423 e.